The van der Waals surface area contributed by atoms with Gasteiger partial charge in [0.2, 0.25) is 5.91 Å². The molecule has 1 aromatic heterocycles. The number of para-hydroxylation sites is 2. The van der Waals surface area contributed by atoms with E-state index in [-0.39, 0.29) is 24.6 Å². The number of ether oxygens (including phenoxy) is 1. The van der Waals surface area contributed by atoms with Crippen LogP contribution >= 0.6 is 0 Å². The Balaban J connectivity index is 1.35. The van der Waals surface area contributed by atoms with Gasteiger partial charge in [0.25, 0.3) is 0 Å². The number of carbonyl (C=O) groups excluding carboxylic acids is 1. The molecule has 0 unspecified atom stereocenters. The summed E-state index contributed by atoms with van der Waals surface area (Å²) < 4.78 is 7.40. The molecule has 8 heteroatoms. The Kier molecular flexibility index (Phi) is 4.79. The number of aliphatic hydroxyl groups is 2. The van der Waals surface area contributed by atoms with Crippen LogP contribution in [0.5, 0.6) is 0 Å². The van der Waals surface area contributed by atoms with Crippen molar-refractivity contribution in [1.82, 2.24) is 14.5 Å². The quantitative estimate of drug-likeness (QED) is 0.711. The zero-order chi connectivity index (χ0) is 19.0. The number of nitrogens with zero attached hydrogens (tertiary/aromatic N) is 2. The van der Waals surface area contributed by atoms with Gasteiger partial charge in [-0.1, -0.05) is 12.1 Å². The number of hydrogen-bond donors (Lipinski definition) is 3. The Bertz CT molecular complexity index is 881. The van der Waals surface area contributed by atoms with Crippen molar-refractivity contribution >= 4 is 16.9 Å². The predicted octanol–water partition coefficient (Wildman–Crippen LogP) is 0.223. The molecule has 1 amide bonds. The molecule has 2 saturated heterocycles. The molecule has 8 nitrogen and oxygen atoms in total. The summed E-state index contributed by atoms with van der Waals surface area (Å²) in [5.41, 5.74) is 0.925. The lowest BCUT2D eigenvalue weighted by Crippen LogP contribution is -2.55. The number of likely N-dealkylation sites (tertiary alicyclic amines) is 1. The van der Waals surface area contributed by atoms with E-state index in [0.717, 1.165) is 11.0 Å². The standard InChI is InChI=1S/C19H25N3O5/c23-15-11-19(27-12-16(15)24)6-9-21(10-7-19)17(25)5-8-22-14-4-2-1-3-13(14)20-18(22)26/h1-4,15-16,23-24H,5-12H2,(H,20,26)/t15-,16+/m1/s1. The van der Waals surface area contributed by atoms with Crippen molar-refractivity contribution in [2.75, 3.05) is 19.7 Å². The molecule has 2 aromatic rings. The number of aromatic amines is 1. The van der Waals surface area contributed by atoms with Gasteiger partial charge in [-0.2, -0.15) is 0 Å². The molecule has 0 aliphatic carbocycles. The molecule has 2 aliphatic rings. The van der Waals surface area contributed by atoms with Crippen molar-refractivity contribution in [2.45, 2.75) is 50.0 Å². The highest BCUT2D eigenvalue weighted by Crippen LogP contribution is 2.35. The molecule has 0 saturated carbocycles. The number of rotatable bonds is 3. The lowest BCUT2D eigenvalue weighted by atomic mass is 9.82. The summed E-state index contributed by atoms with van der Waals surface area (Å²) in [5, 5.41) is 19.5. The Morgan fingerprint density at radius 2 is 1.96 bits per heavy atom. The van der Waals surface area contributed by atoms with Crippen molar-refractivity contribution < 1.29 is 19.7 Å². The van der Waals surface area contributed by atoms with Gasteiger partial charge in [0.1, 0.15) is 6.10 Å². The number of imidazole rings is 1. The molecule has 2 aliphatic heterocycles. The zero-order valence-electron chi connectivity index (χ0n) is 15.1. The fourth-order valence-electron chi connectivity index (χ4n) is 4.16. The predicted molar refractivity (Wildman–Crippen MR) is 98.3 cm³/mol. The molecule has 4 rings (SSSR count). The van der Waals surface area contributed by atoms with Crippen LogP contribution in [0.3, 0.4) is 0 Å². The van der Waals surface area contributed by atoms with E-state index in [0.29, 0.717) is 38.9 Å². The van der Waals surface area contributed by atoms with Gasteiger partial charge in [-0.05, 0) is 25.0 Å². The first-order chi connectivity index (χ1) is 13.0. The molecule has 0 radical (unpaired) electrons. The number of benzene rings is 1. The Hall–Kier alpha value is -2.16. The molecule has 146 valence electrons. The summed E-state index contributed by atoms with van der Waals surface area (Å²) in [6, 6.07) is 7.44. The van der Waals surface area contributed by atoms with Crippen LogP contribution in [0.1, 0.15) is 25.7 Å². The van der Waals surface area contributed by atoms with Gasteiger partial charge >= 0.3 is 5.69 Å². The SMILES string of the molecule is O=C(CCn1c(=O)[nH]c2ccccc21)N1CCC2(CC1)C[C@@H](O)[C@@H](O)CO2. The summed E-state index contributed by atoms with van der Waals surface area (Å²) in [6.07, 6.45) is 0.364. The average Bonchev–Trinajstić information content (AvgIpc) is 2.99. The maximum atomic E-state index is 12.6. The number of hydrogen-bond acceptors (Lipinski definition) is 5. The van der Waals surface area contributed by atoms with Crippen molar-refractivity contribution in [3.8, 4) is 0 Å². The van der Waals surface area contributed by atoms with Crippen LogP contribution < -0.4 is 5.69 Å². The monoisotopic (exact) mass is 375 g/mol. The summed E-state index contributed by atoms with van der Waals surface area (Å²) >= 11 is 0. The first-order valence-electron chi connectivity index (χ1n) is 9.43. The minimum atomic E-state index is -0.829. The highest BCUT2D eigenvalue weighted by atomic mass is 16.5. The first kappa shape index (κ1) is 18.2. The number of aliphatic hydroxyl groups excluding tert-OH is 2. The molecular formula is C19H25N3O5. The van der Waals surface area contributed by atoms with Crippen LogP contribution in [0.15, 0.2) is 29.1 Å². The second-order valence-electron chi connectivity index (χ2n) is 7.56. The van der Waals surface area contributed by atoms with Crippen LogP contribution in [0.2, 0.25) is 0 Å². The third-order valence-electron chi connectivity index (χ3n) is 5.84. The number of fused-ring (bicyclic) bond motifs is 1. The van der Waals surface area contributed by atoms with E-state index in [1.54, 1.807) is 9.47 Å². The molecule has 3 N–H and O–H groups in total. The van der Waals surface area contributed by atoms with Crippen LogP contribution in [-0.4, -0.2) is 68.1 Å². The zero-order valence-corrected chi connectivity index (χ0v) is 15.1. The van der Waals surface area contributed by atoms with Gasteiger partial charge in [-0.25, -0.2) is 4.79 Å². The first-order valence-corrected chi connectivity index (χ1v) is 9.43. The number of amides is 1. The second kappa shape index (κ2) is 7.10. The molecule has 3 heterocycles. The number of nitrogens with one attached hydrogen (secondary N) is 1. The maximum Gasteiger partial charge on any atom is 0.326 e. The summed E-state index contributed by atoms with van der Waals surface area (Å²) in [4.78, 5) is 29.3. The van der Waals surface area contributed by atoms with Gasteiger partial charge in [-0.3, -0.25) is 9.36 Å². The lowest BCUT2D eigenvalue weighted by molar-refractivity contribution is -0.188. The third-order valence-corrected chi connectivity index (χ3v) is 5.84. The van der Waals surface area contributed by atoms with Crippen LogP contribution in [0.25, 0.3) is 11.0 Å². The van der Waals surface area contributed by atoms with Crippen LogP contribution in [-0.2, 0) is 16.1 Å². The van der Waals surface area contributed by atoms with Gasteiger partial charge < -0.3 is 24.8 Å². The second-order valence-corrected chi connectivity index (χ2v) is 7.56. The molecule has 1 spiro atoms. The highest BCUT2D eigenvalue weighted by molar-refractivity contribution is 5.77. The number of piperidine rings is 1. The minimum Gasteiger partial charge on any atom is -0.390 e. The molecule has 2 atom stereocenters. The molecule has 2 fully saturated rings. The Labute approximate surface area is 156 Å². The molecule has 1 aromatic carbocycles. The Morgan fingerprint density at radius 1 is 1.22 bits per heavy atom. The lowest BCUT2D eigenvalue weighted by Gasteiger charge is -2.46. The normalized spacial score (nSPS) is 25.2. The van der Waals surface area contributed by atoms with Crippen molar-refractivity contribution in [1.29, 1.82) is 0 Å². The van der Waals surface area contributed by atoms with Gasteiger partial charge in [0, 0.05) is 32.5 Å². The van der Waals surface area contributed by atoms with E-state index in [1.807, 2.05) is 24.3 Å². The summed E-state index contributed by atoms with van der Waals surface area (Å²) in [7, 11) is 0. The topological polar surface area (TPSA) is 108 Å². The van der Waals surface area contributed by atoms with E-state index in [2.05, 4.69) is 4.98 Å². The minimum absolute atomic E-state index is 0.0124. The smallest absolute Gasteiger partial charge is 0.326 e. The van der Waals surface area contributed by atoms with Crippen molar-refractivity contribution in [2.24, 2.45) is 0 Å². The van der Waals surface area contributed by atoms with E-state index in [9.17, 15) is 19.8 Å². The molecular weight excluding hydrogens is 350 g/mol. The fraction of sp³-hybridized carbons (Fsp3) is 0.579. The third kappa shape index (κ3) is 3.52. The average molecular weight is 375 g/mol. The molecule has 27 heavy (non-hydrogen) atoms. The largest absolute Gasteiger partial charge is 0.390 e. The summed E-state index contributed by atoms with van der Waals surface area (Å²) in [6.45, 7) is 1.60. The van der Waals surface area contributed by atoms with Crippen LogP contribution in [0.4, 0.5) is 0 Å². The van der Waals surface area contributed by atoms with Crippen molar-refractivity contribution in [3.05, 3.63) is 34.7 Å². The number of carbonyl (C=O) groups is 1. The number of aromatic nitrogens is 2. The van der Waals surface area contributed by atoms with E-state index < -0.39 is 17.8 Å². The van der Waals surface area contributed by atoms with E-state index >= 15 is 0 Å². The number of aryl methyl sites for hydroxylation is 1. The van der Waals surface area contributed by atoms with Gasteiger partial charge in [-0.15, -0.1) is 0 Å². The molecule has 0 bridgehead atoms. The van der Waals surface area contributed by atoms with Crippen molar-refractivity contribution in [3.63, 3.8) is 0 Å². The highest BCUT2D eigenvalue weighted by Gasteiger charge is 2.43. The Morgan fingerprint density at radius 3 is 2.70 bits per heavy atom. The maximum absolute atomic E-state index is 12.6. The van der Waals surface area contributed by atoms with Crippen LogP contribution in [0, 0.1) is 0 Å². The van der Waals surface area contributed by atoms with E-state index in [1.165, 1.54) is 0 Å². The fourth-order valence-corrected chi connectivity index (χ4v) is 4.16. The van der Waals surface area contributed by atoms with E-state index in [4.69, 9.17) is 4.74 Å². The van der Waals surface area contributed by atoms with Gasteiger partial charge in [0.15, 0.2) is 0 Å². The number of H-pyrrole nitrogens is 1. The van der Waals surface area contributed by atoms with Gasteiger partial charge in [0.05, 0.1) is 29.3 Å². The summed E-state index contributed by atoms with van der Waals surface area (Å²) in [5.74, 6) is 0.0124.